The third kappa shape index (κ3) is 14.8. The highest BCUT2D eigenvalue weighted by molar-refractivity contribution is 6.26. The highest BCUT2D eigenvalue weighted by Crippen LogP contribution is 2.51. The third-order valence-corrected chi connectivity index (χ3v) is 19.9. The number of rotatable bonds is 12. The lowest BCUT2D eigenvalue weighted by atomic mass is 9.84. The van der Waals surface area contributed by atoms with Gasteiger partial charge in [-0.2, -0.15) is 0 Å². The molecule has 0 heteroatoms. The van der Waals surface area contributed by atoms with E-state index in [1.807, 2.05) is 0 Å². The Morgan fingerprint density at radius 2 is 0.285 bits per heavy atom. The van der Waals surface area contributed by atoms with Crippen LogP contribution in [0.15, 0.2) is 520 Å². The maximum absolute atomic E-state index is 10.2. The van der Waals surface area contributed by atoms with Crippen LogP contribution in [-0.2, 0) is 0 Å². The van der Waals surface area contributed by atoms with Gasteiger partial charge in [0.25, 0.3) is 0 Å². The third-order valence-electron chi connectivity index (χ3n) is 19.9. The van der Waals surface area contributed by atoms with E-state index in [9.17, 15) is 39.8 Å². The minimum Gasteiger partial charge on any atom is -0.0622 e. The van der Waals surface area contributed by atoms with Crippen molar-refractivity contribution in [3.8, 4) is 134 Å². The van der Waals surface area contributed by atoms with E-state index in [-0.39, 0.29) is 0 Å². The summed E-state index contributed by atoms with van der Waals surface area (Å²) >= 11 is 0. The number of benzene rings is 25. The topological polar surface area (TPSA) is 0 Å². The van der Waals surface area contributed by atoms with E-state index in [2.05, 4.69) is 0 Å². The van der Waals surface area contributed by atoms with Crippen LogP contribution in [0.2, 0.25) is 0 Å². The summed E-state index contributed by atoms with van der Waals surface area (Å²) in [6, 6.07) is -86.2. The van der Waals surface area contributed by atoms with Gasteiger partial charge in [0.1, 0.15) is 0 Å². The predicted molar refractivity (Wildman–Crippen MR) is 560 cm³/mol. The summed E-state index contributed by atoms with van der Waals surface area (Å²) < 4.78 is 770. The molecule has 0 nitrogen and oxygen atoms in total. The molecular formula is C130H86. The van der Waals surface area contributed by atoms with Crippen LogP contribution >= 0.6 is 0 Å². The van der Waals surface area contributed by atoms with Gasteiger partial charge in [-0.3, -0.25) is 0 Å². The Labute approximate surface area is 878 Å². The molecule has 0 saturated heterocycles. The highest BCUT2D eigenvalue weighted by Gasteiger charge is 2.24. The van der Waals surface area contributed by atoms with Crippen LogP contribution in [0.5, 0.6) is 0 Å². The van der Waals surface area contributed by atoms with Crippen molar-refractivity contribution in [3.05, 3.63) is 520 Å². The zero-order chi connectivity index (χ0) is 161. The van der Waals surface area contributed by atoms with E-state index in [1.54, 1.807) is 0 Å². The first-order chi connectivity index (χ1) is 100. The molecule has 0 radical (unpaired) electrons. The molecule has 0 saturated carbocycles. The zero-order valence-corrected chi connectivity index (χ0v) is 65.0. The molecule has 0 unspecified atom stereocenters. The van der Waals surface area contributed by atoms with Crippen molar-refractivity contribution in [2.45, 2.75) is 0 Å². The van der Waals surface area contributed by atoms with Crippen molar-refractivity contribution >= 4 is 108 Å². The van der Waals surface area contributed by atoms with Crippen LogP contribution in [-0.4, -0.2) is 0 Å². The van der Waals surface area contributed by atoms with Crippen LogP contribution < -0.4 is 0 Å². The molecule has 0 spiro atoms. The van der Waals surface area contributed by atoms with Gasteiger partial charge in [-0.1, -0.05) is 465 Å². The van der Waals surface area contributed by atoms with Crippen LogP contribution in [0.1, 0.15) is 118 Å². The van der Waals surface area contributed by atoms with Crippen LogP contribution in [0.4, 0.5) is 0 Å². The van der Waals surface area contributed by atoms with Gasteiger partial charge in [0.05, 0.1) is 118 Å². The lowest BCUT2D eigenvalue weighted by Gasteiger charge is -2.19. The average Bonchev–Trinajstić information content (AvgIpc) is 0.681. The monoisotopic (exact) mass is 1730 g/mol. The second kappa shape index (κ2) is 34.2. The second-order valence-electron chi connectivity index (χ2n) is 27.2. The lowest BCUT2D eigenvalue weighted by Crippen LogP contribution is -1.92. The van der Waals surface area contributed by atoms with Crippen molar-refractivity contribution in [1.82, 2.24) is 0 Å². The van der Waals surface area contributed by atoms with Crippen molar-refractivity contribution < 1.29 is 118 Å². The molecule has 0 aromatic heterocycles. The van der Waals surface area contributed by atoms with Gasteiger partial charge in [-0.05, 0) is 296 Å². The first-order valence-electron chi connectivity index (χ1n) is 81.0. The molecule has 0 atom stereocenters. The van der Waals surface area contributed by atoms with Gasteiger partial charge in [0, 0.05) is 0 Å². The van der Waals surface area contributed by atoms with Crippen LogP contribution in [0, 0.1) is 0 Å². The zero-order valence-electron chi connectivity index (χ0n) is 151. The molecule has 0 amide bonds. The lowest BCUT2D eigenvalue weighted by molar-refractivity contribution is 1.61. The highest BCUT2D eigenvalue weighted by atomic mass is 14.3. The Kier molecular flexibility index (Phi) is 7.65. The van der Waals surface area contributed by atoms with Gasteiger partial charge in [-0.25, -0.2) is 0 Å². The van der Waals surface area contributed by atoms with E-state index in [0.29, 0.717) is 0 Å². The van der Waals surface area contributed by atoms with E-state index >= 15 is 0 Å². The molecule has 25 aromatic rings. The summed E-state index contributed by atoms with van der Waals surface area (Å²) in [6.45, 7) is 0. The SMILES string of the molecule is [2H]c1c([2H])c([2H])c(-c2c([2H])c([2H])c([2H])c(-c3c4c([2H])c([2H])c([2H])c([2H])c4c(-c4c([2H])c([2H])c5c([2H])c([2H])c([2H])c([2H])c5c4[2H])c4c([2H])c(-c5c([2H])c([2H])c([2H])c([2H])c5[2H])c([2H])c([2H])c34)c2[2H])c([2H])c1[2H].[2H]c1c([2H])c([2H])c(-c2c([2H])c([2H])c([2H])c(-c3c4c([2H])c([2H])c([2H])c([2H])c4c(-c4c([2H])c([2H])c5c([2H])c([2H])c([2H])c([2H])c5c4[2H])c4c([2H])c(-c5c([2H])c([2H])c([2H])c6c([2H])c([2H])c([2H])c([2H])c56)c([2H])c([2H])c34)c2[2H])c([2H])c1[2H].[2H]c1c([2H])c([2H])c(-c2c([2H])c([2H])c([2H])c(-c3c4c([2H])c([2H])c([2H])c([2H])c4c(-c4c([2H])c([2H])c5c([2H])c([2H])c([2H])c([2H])c5c4[2H])c4c([2H])c([2H])c(-c5c([2H])c([2H])c([2H])c([2H])c5[2H])c([2H])c34)c2[2H])c([2H])c1[2H]. The molecule has 0 heterocycles. The Morgan fingerprint density at radius 1 is 0.0923 bits per heavy atom. The quantitative estimate of drug-likeness (QED) is 0.107. The Balaban J connectivity index is 0.000000164. The van der Waals surface area contributed by atoms with E-state index in [4.69, 9.17) is 78.1 Å². The Hall–Kier alpha value is -16.9. The number of hydrogen-bond acceptors (Lipinski definition) is 0. The molecule has 0 aliphatic carbocycles. The largest absolute Gasteiger partial charge is 0.0636 e. The molecule has 130 heavy (non-hydrogen) atoms. The summed E-state index contributed by atoms with van der Waals surface area (Å²) in [5.74, 6) is 0. The Morgan fingerprint density at radius 3 is 0.600 bits per heavy atom. The summed E-state index contributed by atoms with van der Waals surface area (Å²) in [7, 11) is 0. The summed E-state index contributed by atoms with van der Waals surface area (Å²) in [5, 5.41) is -15.6. The minimum absolute atomic E-state index is 0.620. The summed E-state index contributed by atoms with van der Waals surface area (Å²) in [4.78, 5) is 0. The normalized spacial score (nSPS) is 20.6. The maximum Gasteiger partial charge on any atom is 0.0636 e. The van der Waals surface area contributed by atoms with Gasteiger partial charge >= 0.3 is 0 Å². The average molecular weight is 1730 g/mol. The smallest absolute Gasteiger partial charge is 0.0622 e. The first kappa shape index (κ1) is 29.1. The second-order valence-corrected chi connectivity index (χ2v) is 27.2. The van der Waals surface area contributed by atoms with Crippen LogP contribution in [0.3, 0.4) is 0 Å². The molecule has 25 rings (SSSR count). The van der Waals surface area contributed by atoms with Gasteiger partial charge < -0.3 is 0 Å². The molecule has 0 fully saturated rings. The predicted octanol–water partition coefficient (Wildman–Crippen LogP) is 36.6. The van der Waals surface area contributed by atoms with Crippen molar-refractivity contribution in [2.24, 2.45) is 0 Å². The first-order valence-corrected chi connectivity index (χ1v) is 38.0. The number of fused-ring (bicyclic) bond motifs is 10. The van der Waals surface area contributed by atoms with Gasteiger partial charge in [-0.15, -0.1) is 0 Å². The summed E-state index contributed by atoms with van der Waals surface area (Å²) in [6.07, 6.45) is 0. The molecule has 0 N–H and O–H groups in total. The molecule has 0 aliphatic heterocycles. The number of hydrogen-bond donors (Lipinski definition) is 0. The molecule has 25 aromatic carbocycles. The Bertz CT molecular complexity index is 14100. The van der Waals surface area contributed by atoms with Gasteiger partial charge in [0.2, 0.25) is 0 Å². The fourth-order valence-electron chi connectivity index (χ4n) is 14.4. The van der Waals surface area contributed by atoms with E-state index in [1.165, 1.54) is 0 Å². The van der Waals surface area contributed by atoms with Gasteiger partial charge in [0.15, 0.2) is 0 Å². The summed E-state index contributed by atoms with van der Waals surface area (Å²) in [5.41, 5.74) is -21.0. The van der Waals surface area contributed by atoms with Crippen LogP contribution in [0.25, 0.3) is 241 Å². The fraction of sp³-hybridized carbons (Fsp3) is 0. The standard InChI is InChI=1S/C46H30.2C42H28/c1-2-12-31(13-3-1)35-18-10-19-37(28-35)45-41-21-8-9-22-42(41)46(38-25-24-32-14-4-5-16-34(32)29-38)44-30-36(26-27-43(44)45)40-23-11-17-33-15-6-7-20-39(33)40;1-3-12-29(13-4-1)33-18-11-19-35(26-33)42-38-21-10-9-20-37(38)41(36-23-22-31-16-7-8-17-32(31)27-36)39-25-24-34(28-40(39)42)30-14-5-2-6-15-30;1-3-12-29(13-4-1)33-18-11-19-35(26-33)41-37-20-9-10-21-38(37)42(36-23-22-31-16-7-8-17-32(31)27-36)40-28-34(24-25-39(40)41)30-14-5-2-6-15-30/h1-30H;2*1-28H/i1D,2D,3D,4D,5D,6D,7D,8D,9D,10D,11D,12D,13D,14D,15D,16D,17D,18D,19D,20D,21D,22D,23D,24D,25D,26D,27D,28D,29D,30D;2*1D,2D,3D,4D,5D,6D,7D,8D,9D,10D,11D,12D,13D,14D,15D,16D,17D,18D,19D,20D,21D,22D,23D,24D,25D,26D,27D,28D. The van der Waals surface area contributed by atoms with Crippen molar-refractivity contribution in [3.63, 3.8) is 0 Å². The van der Waals surface area contributed by atoms with Crippen molar-refractivity contribution in [1.29, 1.82) is 0 Å². The fourth-order valence-corrected chi connectivity index (χ4v) is 14.4. The molecular weight excluding hydrogens is 1560 g/mol. The molecule has 606 valence electrons. The van der Waals surface area contributed by atoms with E-state index < -0.39 is 761 Å². The maximum atomic E-state index is 10.2. The minimum atomic E-state index is -1.18. The van der Waals surface area contributed by atoms with Crippen molar-refractivity contribution in [2.75, 3.05) is 0 Å². The van der Waals surface area contributed by atoms with E-state index in [0.717, 1.165) is 0 Å². The molecule has 0 aliphatic rings. The molecule has 0 bridgehead atoms.